The molecular weight excluding hydrogens is 402 g/mol. The Kier molecular flexibility index (Phi) is 5.24. The van der Waals surface area contributed by atoms with Crippen LogP contribution >= 0.6 is 0 Å². The van der Waals surface area contributed by atoms with Gasteiger partial charge in [-0.25, -0.2) is 27.0 Å². The van der Waals surface area contributed by atoms with E-state index in [0.29, 0.717) is 22.9 Å². The number of para-hydroxylation sites is 1. The minimum absolute atomic E-state index is 0.104. The van der Waals surface area contributed by atoms with Crippen LogP contribution in [-0.4, -0.2) is 32.0 Å². The molecule has 0 saturated carbocycles. The van der Waals surface area contributed by atoms with E-state index in [-0.39, 0.29) is 15.7 Å². The van der Waals surface area contributed by atoms with Gasteiger partial charge in [-0.05, 0) is 36.4 Å². The molecule has 0 aliphatic carbocycles. The summed E-state index contributed by atoms with van der Waals surface area (Å²) in [4.78, 5) is 4.12. The first-order valence-electron chi connectivity index (χ1n) is 8.25. The molecule has 0 aliphatic rings. The molecule has 0 atom stereocenters. The van der Waals surface area contributed by atoms with Crippen LogP contribution in [0.1, 0.15) is 25.6 Å². The van der Waals surface area contributed by atoms with Crippen LogP contribution in [-0.2, 0) is 20.0 Å². The molecule has 2 aromatic carbocycles. The first-order valence-corrected chi connectivity index (χ1v) is 11.3. The smallest absolute Gasteiger partial charge is 0.261 e. The molecule has 28 heavy (non-hydrogen) atoms. The summed E-state index contributed by atoms with van der Waals surface area (Å²) in [5.74, 6) is 1.19. The standard InChI is InChI=1S/C17H19N5O4S2/c1-11(2)16-19-17(21-20-16)14-5-3-4-6-15(14)22-28(25,26)13-9-7-12(8-10-13)27(18,23)24/h3-11,22H,1-2H3,(H2,18,23,24)(H,19,20,21). The SMILES string of the molecule is CC(C)c1nc(-c2ccccc2NS(=O)(=O)c2ccc(S(N)(=O)=O)cc2)n[nH]1. The number of aromatic amines is 1. The van der Waals surface area contributed by atoms with Crippen molar-refractivity contribution in [3.8, 4) is 11.4 Å². The van der Waals surface area contributed by atoms with Gasteiger partial charge in [-0.1, -0.05) is 26.0 Å². The summed E-state index contributed by atoms with van der Waals surface area (Å²) in [6.45, 7) is 3.92. The minimum atomic E-state index is -3.97. The lowest BCUT2D eigenvalue weighted by Gasteiger charge is -2.11. The Morgan fingerprint density at radius 2 is 1.57 bits per heavy atom. The number of nitrogens with zero attached hydrogens (tertiary/aromatic N) is 2. The molecule has 4 N–H and O–H groups in total. The normalized spacial score (nSPS) is 12.3. The van der Waals surface area contributed by atoms with Crippen molar-refractivity contribution in [2.24, 2.45) is 5.14 Å². The highest BCUT2D eigenvalue weighted by Crippen LogP contribution is 2.28. The van der Waals surface area contributed by atoms with Gasteiger partial charge in [-0.2, -0.15) is 5.10 Å². The highest BCUT2D eigenvalue weighted by atomic mass is 32.2. The summed E-state index contributed by atoms with van der Waals surface area (Å²) in [5.41, 5.74) is 0.808. The highest BCUT2D eigenvalue weighted by Gasteiger charge is 2.19. The number of primary sulfonamides is 1. The van der Waals surface area contributed by atoms with Crippen LogP contribution in [0.25, 0.3) is 11.4 Å². The van der Waals surface area contributed by atoms with Gasteiger partial charge >= 0.3 is 0 Å². The maximum atomic E-state index is 12.7. The van der Waals surface area contributed by atoms with E-state index >= 15 is 0 Å². The van der Waals surface area contributed by atoms with E-state index in [2.05, 4.69) is 19.9 Å². The molecule has 0 spiro atoms. The van der Waals surface area contributed by atoms with Crippen molar-refractivity contribution in [1.82, 2.24) is 15.2 Å². The Morgan fingerprint density at radius 3 is 2.14 bits per heavy atom. The fourth-order valence-corrected chi connectivity index (χ4v) is 4.03. The lowest BCUT2D eigenvalue weighted by molar-refractivity contribution is 0.595. The molecule has 11 heteroatoms. The Bertz CT molecular complexity index is 1200. The zero-order chi connectivity index (χ0) is 20.5. The van der Waals surface area contributed by atoms with Crippen molar-refractivity contribution in [2.45, 2.75) is 29.6 Å². The largest absolute Gasteiger partial charge is 0.279 e. The third kappa shape index (κ3) is 4.21. The molecule has 1 heterocycles. The van der Waals surface area contributed by atoms with Gasteiger partial charge in [0.25, 0.3) is 10.0 Å². The molecule has 0 aliphatic heterocycles. The molecule has 0 bridgehead atoms. The third-order valence-electron chi connectivity index (χ3n) is 3.92. The third-order valence-corrected chi connectivity index (χ3v) is 6.24. The molecule has 3 aromatic rings. The monoisotopic (exact) mass is 421 g/mol. The van der Waals surface area contributed by atoms with Crippen molar-refractivity contribution in [3.63, 3.8) is 0 Å². The predicted molar refractivity (Wildman–Crippen MR) is 105 cm³/mol. The van der Waals surface area contributed by atoms with Crippen molar-refractivity contribution in [3.05, 3.63) is 54.4 Å². The van der Waals surface area contributed by atoms with Crippen molar-refractivity contribution < 1.29 is 16.8 Å². The second-order valence-electron chi connectivity index (χ2n) is 6.37. The highest BCUT2D eigenvalue weighted by molar-refractivity contribution is 7.92. The lowest BCUT2D eigenvalue weighted by atomic mass is 10.1. The number of hydrogen-bond acceptors (Lipinski definition) is 6. The Labute approximate surface area is 163 Å². The number of aromatic nitrogens is 3. The predicted octanol–water partition coefficient (Wildman–Crippen LogP) is 2.04. The van der Waals surface area contributed by atoms with Gasteiger partial charge in [-0.15, -0.1) is 0 Å². The van der Waals surface area contributed by atoms with Gasteiger partial charge < -0.3 is 0 Å². The summed E-state index contributed by atoms with van der Waals surface area (Å²) >= 11 is 0. The maximum absolute atomic E-state index is 12.7. The molecule has 0 saturated heterocycles. The van der Waals surface area contributed by atoms with Gasteiger partial charge in [0.1, 0.15) is 5.82 Å². The van der Waals surface area contributed by atoms with E-state index < -0.39 is 20.0 Å². The number of sulfonamides is 2. The first kappa shape index (κ1) is 20.0. The van der Waals surface area contributed by atoms with E-state index in [1.165, 1.54) is 12.1 Å². The van der Waals surface area contributed by atoms with E-state index in [0.717, 1.165) is 12.1 Å². The molecule has 3 rings (SSSR count). The van der Waals surface area contributed by atoms with Gasteiger partial charge in [0, 0.05) is 11.5 Å². The Hall–Kier alpha value is -2.76. The molecular formula is C17H19N5O4S2. The van der Waals surface area contributed by atoms with Crippen LogP contribution in [0.4, 0.5) is 5.69 Å². The van der Waals surface area contributed by atoms with Crippen LogP contribution < -0.4 is 9.86 Å². The van der Waals surface area contributed by atoms with Crippen LogP contribution in [0.3, 0.4) is 0 Å². The Balaban J connectivity index is 1.95. The lowest BCUT2D eigenvalue weighted by Crippen LogP contribution is -2.15. The van der Waals surface area contributed by atoms with Crippen molar-refractivity contribution >= 4 is 25.7 Å². The fraction of sp³-hybridized carbons (Fsp3) is 0.176. The second kappa shape index (κ2) is 7.34. The van der Waals surface area contributed by atoms with Crippen molar-refractivity contribution in [1.29, 1.82) is 0 Å². The zero-order valence-corrected chi connectivity index (χ0v) is 16.8. The summed E-state index contributed by atoms with van der Waals surface area (Å²) in [7, 11) is -7.87. The minimum Gasteiger partial charge on any atom is -0.279 e. The summed E-state index contributed by atoms with van der Waals surface area (Å²) in [6.07, 6.45) is 0. The average Bonchev–Trinajstić information content (AvgIpc) is 3.11. The maximum Gasteiger partial charge on any atom is 0.261 e. The fourth-order valence-electron chi connectivity index (χ4n) is 2.43. The van der Waals surface area contributed by atoms with E-state index in [1.807, 2.05) is 13.8 Å². The van der Waals surface area contributed by atoms with Crippen LogP contribution in [0.5, 0.6) is 0 Å². The molecule has 9 nitrogen and oxygen atoms in total. The summed E-state index contributed by atoms with van der Waals surface area (Å²) in [6, 6.07) is 11.4. The van der Waals surface area contributed by atoms with Crippen LogP contribution in [0, 0.1) is 0 Å². The summed E-state index contributed by atoms with van der Waals surface area (Å²) < 4.78 is 50.6. The number of anilines is 1. The number of nitrogens with one attached hydrogen (secondary N) is 2. The van der Waals surface area contributed by atoms with Crippen molar-refractivity contribution in [2.75, 3.05) is 4.72 Å². The van der Waals surface area contributed by atoms with E-state index in [1.54, 1.807) is 24.3 Å². The number of nitrogens with two attached hydrogens (primary N) is 1. The van der Waals surface area contributed by atoms with Crippen LogP contribution in [0.2, 0.25) is 0 Å². The quantitative estimate of drug-likeness (QED) is 0.555. The second-order valence-corrected chi connectivity index (χ2v) is 9.61. The zero-order valence-electron chi connectivity index (χ0n) is 15.1. The Morgan fingerprint density at radius 1 is 0.964 bits per heavy atom. The number of hydrogen-bond donors (Lipinski definition) is 3. The van der Waals surface area contributed by atoms with Gasteiger partial charge in [0.2, 0.25) is 10.0 Å². The number of rotatable bonds is 6. The molecule has 1 aromatic heterocycles. The average molecular weight is 422 g/mol. The number of H-pyrrole nitrogens is 1. The molecule has 0 unspecified atom stereocenters. The number of benzene rings is 2. The van der Waals surface area contributed by atoms with E-state index in [4.69, 9.17) is 5.14 Å². The topological polar surface area (TPSA) is 148 Å². The first-order chi connectivity index (χ1) is 13.1. The van der Waals surface area contributed by atoms with E-state index in [9.17, 15) is 16.8 Å². The summed E-state index contributed by atoms with van der Waals surface area (Å²) in [5, 5.41) is 12.0. The van der Waals surface area contributed by atoms with Gasteiger partial charge in [0.05, 0.1) is 15.5 Å². The molecule has 0 amide bonds. The molecule has 0 radical (unpaired) electrons. The molecule has 148 valence electrons. The van der Waals surface area contributed by atoms with Gasteiger partial charge in [0.15, 0.2) is 5.82 Å². The van der Waals surface area contributed by atoms with Crippen LogP contribution in [0.15, 0.2) is 58.3 Å². The van der Waals surface area contributed by atoms with Gasteiger partial charge in [-0.3, -0.25) is 9.82 Å². The molecule has 0 fully saturated rings.